The topological polar surface area (TPSA) is 26.8 Å². The Labute approximate surface area is 160 Å². The highest BCUT2D eigenvalue weighted by molar-refractivity contribution is 5.76. The fourth-order valence-corrected chi connectivity index (χ4v) is 3.77. The normalized spacial score (nSPS) is 17.9. The highest BCUT2D eigenvalue weighted by Crippen LogP contribution is 2.17. The van der Waals surface area contributed by atoms with Crippen molar-refractivity contribution in [3.63, 3.8) is 0 Å². The number of likely N-dealkylation sites (N-methyl/N-ethyl adjacent to an activating group) is 1. The van der Waals surface area contributed by atoms with Gasteiger partial charge in [-0.25, -0.2) is 0 Å². The highest BCUT2D eigenvalue weighted by atomic mass is 16.2. The molecular weight excluding hydrogens is 322 g/mol. The van der Waals surface area contributed by atoms with Crippen molar-refractivity contribution in [3.05, 3.63) is 35.9 Å². The summed E-state index contributed by atoms with van der Waals surface area (Å²) in [7, 11) is 6.46. The van der Waals surface area contributed by atoms with Crippen molar-refractivity contribution in [2.45, 2.75) is 51.0 Å². The molecule has 0 aliphatic carbocycles. The van der Waals surface area contributed by atoms with Crippen molar-refractivity contribution in [2.75, 3.05) is 47.3 Å². The third-order valence-electron chi connectivity index (χ3n) is 5.44. The minimum Gasteiger partial charge on any atom is -0.341 e. The number of piperidine rings is 1. The summed E-state index contributed by atoms with van der Waals surface area (Å²) in [4.78, 5) is 19.4. The summed E-state index contributed by atoms with van der Waals surface area (Å²) in [5.74, 6) is 0.351. The lowest BCUT2D eigenvalue weighted by Crippen LogP contribution is -2.49. The Bertz CT molecular complexity index is 517. The highest BCUT2D eigenvalue weighted by Gasteiger charge is 2.25. The van der Waals surface area contributed by atoms with Crippen LogP contribution in [0.5, 0.6) is 0 Å². The van der Waals surface area contributed by atoms with Crippen molar-refractivity contribution >= 4 is 5.91 Å². The van der Waals surface area contributed by atoms with Gasteiger partial charge in [-0.2, -0.15) is 0 Å². The molecule has 1 amide bonds. The number of carbonyl (C=O) groups excluding carboxylic acids is 1. The number of aryl methyl sites for hydroxylation is 1. The van der Waals surface area contributed by atoms with Crippen molar-refractivity contribution in [1.29, 1.82) is 0 Å². The van der Waals surface area contributed by atoms with E-state index in [1.165, 1.54) is 18.4 Å². The van der Waals surface area contributed by atoms with Crippen molar-refractivity contribution in [1.82, 2.24) is 14.7 Å². The van der Waals surface area contributed by atoms with Crippen LogP contribution in [0.1, 0.15) is 44.1 Å². The molecule has 2 rings (SSSR count). The first-order valence-electron chi connectivity index (χ1n) is 10.2. The predicted octanol–water partition coefficient (Wildman–Crippen LogP) is 3.27. The SMILES string of the molecule is CN(C)CCCN(C)C1CCCN(C(=O)CCCCc2ccccc2)C1. The second-order valence-electron chi connectivity index (χ2n) is 7.97. The van der Waals surface area contributed by atoms with Crippen LogP contribution in [-0.4, -0.2) is 74.0 Å². The maximum atomic E-state index is 12.6. The van der Waals surface area contributed by atoms with Crippen LogP contribution in [0.25, 0.3) is 0 Å². The second kappa shape index (κ2) is 11.3. The maximum Gasteiger partial charge on any atom is 0.222 e. The molecule has 0 radical (unpaired) electrons. The summed E-state index contributed by atoms with van der Waals surface area (Å²) in [6, 6.07) is 11.1. The van der Waals surface area contributed by atoms with Crippen LogP contribution < -0.4 is 0 Å². The van der Waals surface area contributed by atoms with Crippen LogP contribution >= 0.6 is 0 Å². The molecule has 0 N–H and O–H groups in total. The Morgan fingerprint density at radius 2 is 1.85 bits per heavy atom. The standard InChI is InChI=1S/C22H37N3O/c1-23(2)16-10-17-24(3)21-14-9-18-25(19-21)22(26)15-8-7-13-20-11-5-4-6-12-20/h4-6,11-12,21H,7-10,13-19H2,1-3H3. The van der Waals surface area contributed by atoms with E-state index in [0.29, 0.717) is 18.4 Å². The van der Waals surface area contributed by atoms with Crippen LogP contribution in [0.3, 0.4) is 0 Å². The van der Waals surface area contributed by atoms with Gasteiger partial charge in [0.2, 0.25) is 5.91 Å². The van der Waals surface area contributed by atoms with Gasteiger partial charge in [0, 0.05) is 25.6 Å². The molecule has 1 unspecified atom stereocenters. The van der Waals surface area contributed by atoms with Gasteiger partial charge in [-0.3, -0.25) is 4.79 Å². The molecule has 0 bridgehead atoms. The quantitative estimate of drug-likeness (QED) is 0.600. The van der Waals surface area contributed by atoms with Crippen molar-refractivity contribution < 1.29 is 4.79 Å². The second-order valence-corrected chi connectivity index (χ2v) is 7.97. The van der Waals surface area contributed by atoms with Gasteiger partial charge in [-0.05, 0) is 78.3 Å². The number of likely N-dealkylation sites (tertiary alicyclic amines) is 1. The summed E-state index contributed by atoms with van der Waals surface area (Å²) in [6.45, 7) is 4.10. The number of nitrogens with zero attached hydrogens (tertiary/aromatic N) is 3. The number of hydrogen-bond donors (Lipinski definition) is 0. The molecule has 146 valence electrons. The zero-order valence-electron chi connectivity index (χ0n) is 17.0. The fraction of sp³-hybridized carbons (Fsp3) is 0.682. The van der Waals surface area contributed by atoms with Crippen molar-refractivity contribution in [3.8, 4) is 0 Å². The monoisotopic (exact) mass is 359 g/mol. The molecule has 1 aromatic carbocycles. The first-order chi connectivity index (χ1) is 12.6. The summed E-state index contributed by atoms with van der Waals surface area (Å²) in [5, 5.41) is 0. The number of rotatable bonds is 10. The Morgan fingerprint density at radius 1 is 1.08 bits per heavy atom. The molecule has 4 nitrogen and oxygen atoms in total. The third kappa shape index (κ3) is 7.46. The summed E-state index contributed by atoms with van der Waals surface area (Å²) in [5.41, 5.74) is 1.37. The summed E-state index contributed by atoms with van der Waals surface area (Å²) < 4.78 is 0. The van der Waals surface area contributed by atoms with Crippen LogP contribution in [0.4, 0.5) is 0 Å². The molecule has 1 aromatic rings. The lowest BCUT2D eigenvalue weighted by atomic mass is 10.0. The Hall–Kier alpha value is -1.39. The molecule has 1 heterocycles. The Kier molecular flexibility index (Phi) is 9.13. The van der Waals surface area contributed by atoms with Gasteiger partial charge in [-0.1, -0.05) is 30.3 Å². The van der Waals surface area contributed by atoms with Gasteiger partial charge < -0.3 is 14.7 Å². The van der Waals surface area contributed by atoms with E-state index in [9.17, 15) is 4.79 Å². The van der Waals surface area contributed by atoms with Crippen LogP contribution in [0, 0.1) is 0 Å². The van der Waals surface area contributed by atoms with E-state index in [4.69, 9.17) is 0 Å². The molecular formula is C22H37N3O. The number of carbonyl (C=O) groups is 1. The van der Waals surface area contributed by atoms with E-state index < -0.39 is 0 Å². The van der Waals surface area contributed by atoms with Gasteiger partial charge in [0.15, 0.2) is 0 Å². The zero-order valence-corrected chi connectivity index (χ0v) is 17.0. The van der Waals surface area contributed by atoms with Gasteiger partial charge in [0.05, 0.1) is 0 Å². The molecule has 0 aromatic heterocycles. The minimum atomic E-state index is 0.351. The van der Waals surface area contributed by atoms with Gasteiger partial charge in [-0.15, -0.1) is 0 Å². The average Bonchev–Trinajstić information content (AvgIpc) is 2.65. The number of hydrogen-bond acceptors (Lipinski definition) is 3. The van der Waals surface area contributed by atoms with Crippen molar-refractivity contribution in [2.24, 2.45) is 0 Å². The lowest BCUT2D eigenvalue weighted by molar-refractivity contribution is -0.133. The van der Waals surface area contributed by atoms with Gasteiger partial charge >= 0.3 is 0 Å². The average molecular weight is 360 g/mol. The Morgan fingerprint density at radius 3 is 2.58 bits per heavy atom. The summed E-state index contributed by atoms with van der Waals surface area (Å²) >= 11 is 0. The molecule has 1 fully saturated rings. The molecule has 1 aliphatic rings. The summed E-state index contributed by atoms with van der Waals surface area (Å²) in [6.07, 6.45) is 7.41. The predicted molar refractivity (Wildman–Crippen MR) is 109 cm³/mol. The van der Waals surface area contributed by atoms with E-state index in [1.54, 1.807) is 0 Å². The number of benzene rings is 1. The molecule has 1 atom stereocenters. The maximum absolute atomic E-state index is 12.6. The van der Waals surface area contributed by atoms with E-state index in [-0.39, 0.29) is 0 Å². The van der Waals surface area contributed by atoms with Gasteiger partial charge in [0.25, 0.3) is 0 Å². The molecule has 0 saturated carbocycles. The van der Waals surface area contributed by atoms with E-state index in [2.05, 4.69) is 66.2 Å². The zero-order chi connectivity index (χ0) is 18.8. The fourth-order valence-electron chi connectivity index (χ4n) is 3.77. The molecule has 1 saturated heterocycles. The number of unbranched alkanes of at least 4 members (excludes halogenated alkanes) is 1. The largest absolute Gasteiger partial charge is 0.341 e. The van der Waals surface area contributed by atoms with Crippen LogP contribution in [0.2, 0.25) is 0 Å². The molecule has 26 heavy (non-hydrogen) atoms. The molecule has 1 aliphatic heterocycles. The molecule has 4 heteroatoms. The van der Waals surface area contributed by atoms with Gasteiger partial charge in [0.1, 0.15) is 0 Å². The lowest BCUT2D eigenvalue weighted by Gasteiger charge is -2.38. The van der Waals surface area contributed by atoms with Crippen LogP contribution in [-0.2, 0) is 11.2 Å². The van der Waals surface area contributed by atoms with Crippen LogP contribution in [0.15, 0.2) is 30.3 Å². The third-order valence-corrected chi connectivity index (χ3v) is 5.44. The first kappa shape index (κ1) is 20.9. The van der Waals surface area contributed by atoms with E-state index >= 15 is 0 Å². The van der Waals surface area contributed by atoms with E-state index in [0.717, 1.165) is 51.9 Å². The van der Waals surface area contributed by atoms with E-state index in [1.807, 2.05) is 0 Å². The smallest absolute Gasteiger partial charge is 0.222 e. The number of amides is 1. The molecule has 0 spiro atoms. The Balaban J connectivity index is 1.66. The minimum absolute atomic E-state index is 0.351. The first-order valence-corrected chi connectivity index (χ1v) is 10.2.